The first-order chi connectivity index (χ1) is 15.1. The molecule has 2 aromatic carbocycles. The summed E-state index contributed by atoms with van der Waals surface area (Å²) in [6, 6.07) is 14.0. The second-order valence-corrected chi connectivity index (χ2v) is 10.2. The third-order valence-electron chi connectivity index (χ3n) is 6.28. The number of aryl methyl sites for hydroxylation is 1. The Morgan fingerprint density at radius 3 is 2.81 bits per heavy atom. The number of rotatable bonds is 7. The van der Waals surface area contributed by atoms with Crippen LogP contribution >= 0.6 is 0 Å². The van der Waals surface area contributed by atoms with Crippen LogP contribution in [0.2, 0.25) is 0 Å². The summed E-state index contributed by atoms with van der Waals surface area (Å²) >= 11 is 0. The highest BCUT2D eigenvalue weighted by atomic mass is 32.2. The SMILES string of the molecule is COc1ccc2c(c1)CCCC2CC(=O)Nc1cccc(CS(=O)C2CCOCC2)c1. The Balaban J connectivity index is 1.36. The van der Waals surface area contributed by atoms with Crippen LogP contribution in [0.3, 0.4) is 0 Å². The van der Waals surface area contributed by atoms with Crippen molar-refractivity contribution in [2.75, 3.05) is 25.6 Å². The van der Waals surface area contributed by atoms with Crippen LogP contribution in [0.25, 0.3) is 0 Å². The predicted molar refractivity (Wildman–Crippen MR) is 124 cm³/mol. The predicted octanol–water partition coefficient (Wildman–Crippen LogP) is 4.57. The fourth-order valence-electron chi connectivity index (χ4n) is 4.63. The second-order valence-electron chi connectivity index (χ2n) is 8.44. The number of ether oxygens (including phenoxy) is 2. The summed E-state index contributed by atoms with van der Waals surface area (Å²) in [5.41, 5.74) is 4.33. The Labute approximate surface area is 187 Å². The molecule has 4 rings (SSSR count). The van der Waals surface area contributed by atoms with Gasteiger partial charge in [0.1, 0.15) is 5.75 Å². The first kappa shape index (κ1) is 22.0. The van der Waals surface area contributed by atoms with E-state index in [1.807, 2.05) is 30.3 Å². The molecule has 0 aromatic heterocycles. The van der Waals surface area contributed by atoms with E-state index in [4.69, 9.17) is 9.47 Å². The molecule has 2 atom stereocenters. The van der Waals surface area contributed by atoms with Crippen LogP contribution in [0.1, 0.15) is 54.7 Å². The molecule has 6 heteroatoms. The number of anilines is 1. The average molecular weight is 442 g/mol. The minimum absolute atomic E-state index is 0.0244. The molecular weight excluding hydrogens is 410 g/mol. The number of hydrogen-bond donors (Lipinski definition) is 1. The van der Waals surface area contributed by atoms with Gasteiger partial charge in [-0.1, -0.05) is 18.2 Å². The van der Waals surface area contributed by atoms with E-state index in [2.05, 4.69) is 17.4 Å². The van der Waals surface area contributed by atoms with E-state index in [0.29, 0.717) is 25.4 Å². The van der Waals surface area contributed by atoms with Crippen molar-refractivity contribution in [2.45, 2.75) is 55.4 Å². The van der Waals surface area contributed by atoms with Gasteiger partial charge in [0, 0.05) is 47.1 Å². The summed E-state index contributed by atoms with van der Waals surface area (Å²) < 4.78 is 23.4. The van der Waals surface area contributed by atoms with Crippen molar-refractivity contribution >= 4 is 22.4 Å². The number of amides is 1. The Morgan fingerprint density at radius 2 is 2.00 bits per heavy atom. The van der Waals surface area contributed by atoms with E-state index in [1.165, 1.54) is 11.1 Å². The lowest BCUT2D eigenvalue weighted by atomic mass is 9.81. The molecule has 1 heterocycles. The molecule has 1 amide bonds. The van der Waals surface area contributed by atoms with E-state index >= 15 is 0 Å². The van der Waals surface area contributed by atoms with E-state index in [1.54, 1.807) is 7.11 Å². The maximum Gasteiger partial charge on any atom is 0.224 e. The van der Waals surface area contributed by atoms with Crippen molar-refractivity contribution < 1.29 is 18.5 Å². The van der Waals surface area contributed by atoms with E-state index in [0.717, 1.165) is 49.1 Å². The van der Waals surface area contributed by atoms with Gasteiger partial charge in [0.15, 0.2) is 0 Å². The van der Waals surface area contributed by atoms with Gasteiger partial charge in [-0.25, -0.2) is 0 Å². The second kappa shape index (κ2) is 10.4. The largest absolute Gasteiger partial charge is 0.497 e. The highest BCUT2D eigenvalue weighted by molar-refractivity contribution is 7.84. The molecule has 1 N–H and O–H groups in total. The highest BCUT2D eigenvalue weighted by Crippen LogP contribution is 2.36. The summed E-state index contributed by atoms with van der Waals surface area (Å²) in [5.74, 6) is 1.65. The van der Waals surface area contributed by atoms with Gasteiger partial charge < -0.3 is 14.8 Å². The lowest BCUT2D eigenvalue weighted by Crippen LogP contribution is -2.25. The van der Waals surface area contributed by atoms with Crippen LogP contribution in [0.15, 0.2) is 42.5 Å². The molecule has 1 aliphatic carbocycles. The Morgan fingerprint density at radius 1 is 1.16 bits per heavy atom. The van der Waals surface area contributed by atoms with Crippen molar-refractivity contribution in [3.8, 4) is 5.75 Å². The van der Waals surface area contributed by atoms with Crippen molar-refractivity contribution in [1.82, 2.24) is 0 Å². The number of carbonyl (C=O) groups excluding carboxylic acids is 1. The molecule has 1 fully saturated rings. The summed E-state index contributed by atoms with van der Waals surface area (Å²) in [5, 5.41) is 3.26. The highest BCUT2D eigenvalue weighted by Gasteiger charge is 2.24. The topological polar surface area (TPSA) is 64.6 Å². The van der Waals surface area contributed by atoms with Crippen molar-refractivity contribution in [3.63, 3.8) is 0 Å². The first-order valence-corrected chi connectivity index (χ1v) is 12.5. The maximum absolute atomic E-state index is 12.8. The van der Waals surface area contributed by atoms with Gasteiger partial charge in [0.25, 0.3) is 0 Å². The molecule has 5 nitrogen and oxygen atoms in total. The maximum atomic E-state index is 12.8. The molecule has 31 heavy (non-hydrogen) atoms. The molecule has 0 radical (unpaired) electrons. The molecule has 0 spiro atoms. The molecule has 166 valence electrons. The van der Waals surface area contributed by atoms with Crippen LogP contribution in [-0.2, 0) is 32.5 Å². The van der Waals surface area contributed by atoms with Gasteiger partial charge in [-0.2, -0.15) is 0 Å². The van der Waals surface area contributed by atoms with E-state index < -0.39 is 10.8 Å². The van der Waals surface area contributed by atoms with Crippen LogP contribution in [-0.4, -0.2) is 35.7 Å². The minimum Gasteiger partial charge on any atom is -0.497 e. The normalized spacial score (nSPS) is 20.0. The number of nitrogens with one attached hydrogen (secondary N) is 1. The number of benzene rings is 2. The zero-order valence-electron chi connectivity index (χ0n) is 18.1. The molecule has 0 bridgehead atoms. The molecular formula is C25H31NO4S. The van der Waals surface area contributed by atoms with Gasteiger partial charge in [0.05, 0.1) is 7.11 Å². The quantitative estimate of drug-likeness (QED) is 0.684. The van der Waals surface area contributed by atoms with Gasteiger partial charge in [0.2, 0.25) is 5.91 Å². The smallest absolute Gasteiger partial charge is 0.224 e. The minimum atomic E-state index is -0.915. The fourth-order valence-corrected chi connectivity index (χ4v) is 6.09. The zero-order chi connectivity index (χ0) is 21.6. The van der Waals surface area contributed by atoms with E-state index in [9.17, 15) is 9.00 Å². The molecule has 1 saturated heterocycles. The van der Waals surface area contributed by atoms with Gasteiger partial charge in [-0.15, -0.1) is 0 Å². The van der Waals surface area contributed by atoms with Crippen LogP contribution in [0.5, 0.6) is 5.75 Å². The lowest BCUT2D eigenvalue weighted by Gasteiger charge is -2.25. The monoisotopic (exact) mass is 441 g/mol. The summed E-state index contributed by atoms with van der Waals surface area (Å²) in [6.45, 7) is 1.40. The summed E-state index contributed by atoms with van der Waals surface area (Å²) in [4.78, 5) is 12.8. The van der Waals surface area contributed by atoms with Gasteiger partial charge in [-0.3, -0.25) is 9.00 Å². The number of fused-ring (bicyclic) bond motifs is 1. The zero-order valence-corrected chi connectivity index (χ0v) is 18.9. The molecule has 1 aliphatic heterocycles. The first-order valence-electron chi connectivity index (χ1n) is 11.1. The summed E-state index contributed by atoms with van der Waals surface area (Å²) in [7, 11) is 0.769. The lowest BCUT2D eigenvalue weighted by molar-refractivity contribution is -0.116. The van der Waals surface area contributed by atoms with Crippen molar-refractivity contribution in [2.24, 2.45) is 0 Å². The molecule has 2 aliphatic rings. The van der Waals surface area contributed by atoms with Crippen LogP contribution < -0.4 is 10.1 Å². The molecule has 2 unspecified atom stereocenters. The van der Waals surface area contributed by atoms with Gasteiger partial charge in [-0.05, 0) is 79.0 Å². The third kappa shape index (κ3) is 5.74. The van der Waals surface area contributed by atoms with Crippen molar-refractivity contribution in [3.05, 3.63) is 59.2 Å². The molecule has 0 saturated carbocycles. The Bertz CT molecular complexity index is 939. The fraction of sp³-hybridized carbons (Fsp3) is 0.480. The average Bonchev–Trinajstić information content (AvgIpc) is 2.79. The Hall–Kier alpha value is -2.18. The Kier molecular flexibility index (Phi) is 7.41. The van der Waals surface area contributed by atoms with Gasteiger partial charge >= 0.3 is 0 Å². The van der Waals surface area contributed by atoms with Crippen molar-refractivity contribution in [1.29, 1.82) is 0 Å². The van der Waals surface area contributed by atoms with E-state index in [-0.39, 0.29) is 17.1 Å². The standard InChI is InChI=1S/C25H31NO4S/c1-29-22-8-9-24-19(15-22)5-3-6-20(24)16-25(27)26-21-7-2-4-18(14-21)17-31(28)23-10-12-30-13-11-23/h2,4,7-9,14-15,20,23H,3,5-6,10-13,16-17H2,1H3,(H,26,27). The summed E-state index contributed by atoms with van der Waals surface area (Å²) in [6.07, 6.45) is 5.34. The number of hydrogen-bond acceptors (Lipinski definition) is 4. The number of methoxy groups -OCH3 is 1. The molecule has 2 aromatic rings. The van der Waals surface area contributed by atoms with Crippen LogP contribution in [0, 0.1) is 0 Å². The third-order valence-corrected chi connectivity index (χ3v) is 8.11. The van der Waals surface area contributed by atoms with Crippen LogP contribution in [0.4, 0.5) is 5.69 Å². The number of carbonyl (C=O) groups is 1.